The molecule has 31 heavy (non-hydrogen) atoms. The lowest BCUT2D eigenvalue weighted by molar-refractivity contribution is 0.506. The molecule has 4 aromatic rings. The standard InChI is InChI=1S/C20H20F2N8S/c21-13-4-3-11(6-14(13)22)19-28-15(20(31-19)29-5-1-2-12(23)7-29)8-30-10-27-16-17(24)25-9-26-18(16)30/h3-4,6,9-10,12H,1-2,5,7-8,23H2,(H2,24,25,26)/t12-/m1/s1. The average molecular weight is 442 g/mol. The number of nitrogen functional groups attached to an aromatic ring is 1. The minimum Gasteiger partial charge on any atom is -0.382 e. The van der Waals surface area contributed by atoms with Crippen LogP contribution in [0, 0.1) is 11.6 Å². The predicted octanol–water partition coefficient (Wildman–Crippen LogP) is 2.79. The maximum Gasteiger partial charge on any atom is 0.165 e. The summed E-state index contributed by atoms with van der Waals surface area (Å²) in [6, 6.07) is 3.90. The number of hydrogen-bond acceptors (Lipinski definition) is 8. The van der Waals surface area contributed by atoms with Crippen molar-refractivity contribution in [3.8, 4) is 10.6 Å². The fourth-order valence-electron chi connectivity index (χ4n) is 3.82. The summed E-state index contributed by atoms with van der Waals surface area (Å²) in [4.78, 5) is 19.6. The van der Waals surface area contributed by atoms with Crippen molar-refractivity contribution in [2.24, 2.45) is 5.73 Å². The molecule has 0 spiro atoms. The number of anilines is 2. The van der Waals surface area contributed by atoms with E-state index < -0.39 is 11.6 Å². The molecule has 0 saturated carbocycles. The van der Waals surface area contributed by atoms with E-state index in [0.29, 0.717) is 40.6 Å². The van der Waals surface area contributed by atoms with E-state index in [1.807, 2.05) is 4.57 Å². The summed E-state index contributed by atoms with van der Waals surface area (Å²) >= 11 is 1.45. The fourth-order valence-corrected chi connectivity index (χ4v) is 4.92. The molecule has 0 aliphatic carbocycles. The Bertz CT molecular complexity index is 1250. The van der Waals surface area contributed by atoms with Gasteiger partial charge in [0.15, 0.2) is 23.1 Å². The van der Waals surface area contributed by atoms with Gasteiger partial charge in [-0.25, -0.2) is 28.7 Å². The van der Waals surface area contributed by atoms with Gasteiger partial charge >= 0.3 is 0 Å². The first kappa shape index (κ1) is 19.8. The van der Waals surface area contributed by atoms with E-state index in [4.69, 9.17) is 16.5 Å². The number of aromatic nitrogens is 5. The van der Waals surface area contributed by atoms with Crippen LogP contribution in [0.4, 0.5) is 19.6 Å². The number of hydrogen-bond donors (Lipinski definition) is 2. The Morgan fingerprint density at radius 1 is 1.16 bits per heavy atom. The largest absolute Gasteiger partial charge is 0.382 e. The number of nitrogens with two attached hydrogens (primary N) is 2. The molecule has 0 radical (unpaired) electrons. The molecule has 3 aromatic heterocycles. The summed E-state index contributed by atoms with van der Waals surface area (Å²) in [5, 5.41) is 1.57. The van der Waals surface area contributed by atoms with Crippen LogP contribution in [0.5, 0.6) is 0 Å². The topological polar surface area (TPSA) is 112 Å². The third-order valence-electron chi connectivity index (χ3n) is 5.34. The first-order chi connectivity index (χ1) is 15.0. The number of imidazole rings is 1. The van der Waals surface area contributed by atoms with Gasteiger partial charge in [-0.1, -0.05) is 11.3 Å². The van der Waals surface area contributed by atoms with Gasteiger partial charge in [-0.2, -0.15) is 0 Å². The molecule has 0 amide bonds. The molecule has 11 heteroatoms. The second-order valence-electron chi connectivity index (χ2n) is 7.55. The number of fused-ring (bicyclic) bond motifs is 1. The van der Waals surface area contributed by atoms with Gasteiger partial charge in [0.2, 0.25) is 0 Å². The number of halogens is 2. The third-order valence-corrected chi connectivity index (χ3v) is 6.55. The van der Waals surface area contributed by atoms with E-state index in [0.717, 1.165) is 36.1 Å². The Balaban J connectivity index is 1.57. The maximum atomic E-state index is 13.8. The van der Waals surface area contributed by atoms with Gasteiger partial charge < -0.3 is 20.9 Å². The molecular weight excluding hydrogens is 422 g/mol. The van der Waals surface area contributed by atoms with Crippen LogP contribution in [0.15, 0.2) is 30.9 Å². The SMILES string of the molecule is Nc1ncnc2c1ncn2Cc1nc(-c2ccc(F)c(F)c2)sc1N1CCC[C@@H](N)C1. The lowest BCUT2D eigenvalue weighted by atomic mass is 10.1. The number of rotatable bonds is 4. The first-order valence-corrected chi connectivity index (χ1v) is 10.7. The predicted molar refractivity (Wildman–Crippen MR) is 116 cm³/mol. The van der Waals surface area contributed by atoms with Crippen molar-refractivity contribution in [3.05, 3.63) is 48.2 Å². The zero-order chi connectivity index (χ0) is 21.5. The second kappa shape index (κ2) is 7.82. The highest BCUT2D eigenvalue weighted by Gasteiger charge is 2.24. The molecule has 0 unspecified atom stereocenters. The summed E-state index contributed by atoms with van der Waals surface area (Å²) in [6.07, 6.45) is 5.01. The monoisotopic (exact) mass is 442 g/mol. The van der Waals surface area contributed by atoms with E-state index in [1.165, 1.54) is 29.8 Å². The summed E-state index contributed by atoms with van der Waals surface area (Å²) in [6.45, 7) is 1.97. The number of nitrogens with zero attached hydrogens (tertiary/aromatic N) is 6. The van der Waals surface area contributed by atoms with Crippen LogP contribution in [0.2, 0.25) is 0 Å². The van der Waals surface area contributed by atoms with Crippen molar-refractivity contribution in [3.63, 3.8) is 0 Å². The van der Waals surface area contributed by atoms with Gasteiger partial charge in [0.25, 0.3) is 0 Å². The van der Waals surface area contributed by atoms with Crippen molar-refractivity contribution >= 4 is 33.3 Å². The quantitative estimate of drug-likeness (QED) is 0.500. The normalized spacial score (nSPS) is 16.9. The Morgan fingerprint density at radius 3 is 2.84 bits per heavy atom. The lowest BCUT2D eigenvalue weighted by Gasteiger charge is -2.31. The number of benzene rings is 1. The van der Waals surface area contributed by atoms with E-state index in [2.05, 4.69) is 19.9 Å². The zero-order valence-electron chi connectivity index (χ0n) is 16.5. The van der Waals surface area contributed by atoms with Gasteiger partial charge in [0.05, 0.1) is 18.6 Å². The van der Waals surface area contributed by atoms with Crippen molar-refractivity contribution in [2.75, 3.05) is 23.7 Å². The molecule has 8 nitrogen and oxygen atoms in total. The first-order valence-electron chi connectivity index (χ1n) is 9.86. The average Bonchev–Trinajstić information content (AvgIpc) is 3.36. The Kier molecular flexibility index (Phi) is 4.98. The van der Waals surface area contributed by atoms with Crippen LogP contribution >= 0.6 is 11.3 Å². The van der Waals surface area contributed by atoms with Crippen molar-refractivity contribution in [1.82, 2.24) is 24.5 Å². The highest BCUT2D eigenvalue weighted by atomic mass is 32.1. The van der Waals surface area contributed by atoms with Gasteiger partial charge in [-0.05, 0) is 31.0 Å². The van der Waals surface area contributed by atoms with E-state index in [-0.39, 0.29) is 6.04 Å². The van der Waals surface area contributed by atoms with Crippen LogP contribution in [-0.4, -0.2) is 43.6 Å². The molecular formula is C20H20F2N8S. The molecule has 1 fully saturated rings. The van der Waals surface area contributed by atoms with Crippen LogP contribution in [0.3, 0.4) is 0 Å². The molecule has 0 bridgehead atoms. The smallest absolute Gasteiger partial charge is 0.165 e. The molecule has 5 rings (SSSR count). The molecule has 1 aromatic carbocycles. The van der Waals surface area contributed by atoms with Gasteiger partial charge in [0, 0.05) is 24.7 Å². The molecule has 1 atom stereocenters. The summed E-state index contributed by atoms with van der Waals surface area (Å²) in [5.74, 6) is -1.47. The van der Waals surface area contributed by atoms with Crippen LogP contribution in [-0.2, 0) is 6.54 Å². The summed E-state index contributed by atoms with van der Waals surface area (Å²) in [5.41, 5.74) is 14.6. The Morgan fingerprint density at radius 2 is 2.03 bits per heavy atom. The number of thiazole rings is 1. The third kappa shape index (κ3) is 3.70. The highest BCUT2D eigenvalue weighted by molar-refractivity contribution is 7.19. The van der Waals surface area contributed by atoms with Crippen LogP contribution < -0.4 is 16.4 Å². The molecule has 1 aliphatic rings. The van der Waals surface area contributed by atoms with Gasteiger partial charge in [0.1, 0.15) is 21.9 Å². The van der Waals surface area contributed by atoms with Crippen LogP contribution in [0.25, 0.3) is 21.7 Å². The minimum atomic E-state index is -0.899. The molecule has 4 heterocycles. The second-order valence-corrected chi connectivity index (χ2v) is 8.53. The van der Waals surface area contributed by atoms with E-state index in [1.54, 1.807) is 6.33 Å². The Labute approximate surface area is 180 Å². The molecule has 1 saturated heterocycles. The van der Waals surface area contributed by atoms with E-state index >= 15 is 0 Å². The van der Waals surface area contributed by atoms with Crippen molar-refractivity contribution in [1.29, 1.82) is 0 Å². The van der Waals surface area contributed by atoms with Crippen molar-refractivity contribution < 1.29 is 8.78 Å². The van der Waals surface area contributed by atoms with Gasteiger partial charge in [-0.15, -0.1) is 0 Å². The van der Waals surface area contributed by atoms with Gasteiger partial charge in [-0.3, -0.25) is 0 Å². The summed E-state index contributed by atoms with van der Waals surface area (Å²) < 4.78 is 29.1. The van der Waals surface area contributed by atoms with Crippen LogP contribution in [0.1, 0.15) is 18.5 Å². The summed E-state index contributed by atoms with van der Waals surface area (Å²) in [7, 11) is 0. The molecule has 4 N–H and O–H groups in total. The molecule has 1 aliphatic heterocycles. The zero-order valence-corrected chi connectivity index (χ0v) is 17.3. The van der Waals surface area contributed by atoms with E-state index in [9.17, 15) is 8.78 Å². The maximum absolute atomic E-state index is 13.8. The minimum absolute atomic E-state index is 0.0806. The lowest BCUT2D eigenvalue weighted by Crippen LogP contribution is -2.42. The highest BCUT2D eigenvalue weighted by Crippen LogP contribution is 2.37. The fraction of sp³-hybridized carbons (Fsp3) is 0.300. The molecule has 160 valence electrons. The number of piperidine rings is 1. The van der Waals surface area contributed by atoms with Crippen molar-refractivity contribution in [2.45, 2.75) is 25.4 Å². The Hall–Kier alpha value is -3.18.